The molecule has 0 radical (unpaired) electrons. The number of benzene rings is 2. The van der Waals surface area contributed by atoms with Crippen LogP contribution < -0.4 is 9.47 Å². The van der Waals surface area contributed by atoms with Gasteiger partial charge in [0.1, 0.15) is 24.7 Å². The fourth-order valence-electron chi connectivity index (χ4n) is 3.76. The minimum Gasteiger partial charge on any atom is -0.486 e. The van der Waals surface area contributed by atoms with Crippen molar-refractivity contribution >= 4 is 5.97 Å². The van der Waals surface area contributed by atoms with Crippen LogP contribution in [0.2, 0.25) is 0 Å². The molecule has 0 spiro atoms. The number of carboxylic acids is 1. The second kappa shape index (κ2) is 11.2. The number of aliphatic carboxylic acids is 1. The molecular weight excluding hydrogens is 444 g/mol. The van der Waals surface area contributed by atoms with Gasteiger partial charge in [-0.05, 0) is 53.9 Å². The Balaban J connectivity index is 1.49. The van der Waals surface area contributed by atoms with E-state index in [1.165, 1.54) is 0 Å². The first-order chi connectivity index (χ1) is 17.0. The van der Waals surface area contributed by atoms with Gasteiger partial charge in [-0.2, -0.15) is 0 Å². The lowest BCUT2D eigenvalue weighted by Crippen LogP contribution is -2.25. The van der Waals surface area contributed by atoms with E-state index in [1.54, 1.807) is 36.9 Å². The van der Waals surface area contributed by atoms with Crippen LogP contribution in [-0.4, -0.2) is 31.0 Å². The molecule has 0 unspecified atom stereocenters. The van der Waals surface area contributed by atoms with E-state index in [-0.39, 0.29) is 19.6 Å². The third-order valence-electron chi connectivity index (χ3n) is 5.80. The molecule has 0 bridgehead atoms. The Morgan fingerprint density at radius 3 is 1.51 bits per heavy atom. The lowest BCUT2D eigenvalue weighted by atomic mass is 9.73. The number of carbonyl (C=O) groups is 1. The Kier molecular flexibility index (Phi) is 7.62. The maximum absolute atomic E-state index is 11.4. The molecule has 2 heterocycles. The molecule has 0 aliphatic heterocycles. The summed E-state index contributed by atoms with van der Waals surface area (Å²) in [5.41, 5.74) is 1.47. The summed E-state index contributed by atoms with van der Waals surface area (Å²) < 4.78 is 11.6. The Labute approximate surface area is 203 Å². The molecule has 0 aliphatic rings. The summed E-state index contributed by atoms with van der Waals surface area (Å²) in [7, 11) is 0. The highest BCUT2D eigenvalue weighted by Crippen LogP contribution is 2.38. The summed E-state index contributed by atoms with van der Waals surface area (Å²) >= 11 is 0. The minimum atomic E-state index is -0.832. The van der Waals surface area contributed by atoms with Crippen LogP contribution in [0.1, 0.15) is 42.5 Å². The molecule has 4 rings (SSSR count). The Morgan fingerprint density at radius 2 is 1.14 bits per heavy atom. The van der Waals surface area contributed by atoms with Gasteiger partial charge in [-0.3, -0.25) is 4.79 Å². The third kappa shape index (κ3) is 6.38. The average Bonchev–Trinajstić information content (AvgIpc) is 2.91. The van der Waals surface area contributed by atoms with Crippen LogP contribution in [0.4, 0.5) is 0 Å². The van der Waals surface area contributed by atoms with Gasteiger partial charge in [0.25, 0.3) is 0 Å². The summed E-state index contributed by atoms with van der Waals surface area (Å²) in [6.45, 7) is 2.59. The average molecular weight is 471 g/mol. The van der Waals surface area contributed by atoms with Crippen LogP contribution in [0.3, 0.4) is 0 Å². The second-order valence-electron chi connectivity index (χ2n) is 8.18. The first kappa shape index (κ1) is 23.8. The van der Waals surface area contributed by atoms with Crippen molar-refractivity contribution in [2.45, 2.75) is 38.4 Å². The summed E-state index contributed by atoms with van der Waals surface area (Å²) in [4.78, 5) is 28.0. The minimum absolute atomic E-state index is 0.0453. The van der Waals surface area contributed by atoms with Crippen molar-refractivity contribution < 1.29 is 19.4 Å². The summed E-state index contributed by atoms with van der Waals surface area (Å²) in [5.74, 6) is 1.75. The van der Waals surface area contributed by atoms with Gasteiger partial charge in [0.2, 0.25) is 0 Å². The van der Waals surface area contributed by atoms with Crippen LogP contribution in [0.25, 0.3) is 0 Å². The summed E-state index contributed by atoms with van der Waals surface area (Å²) in [5, 5.41) is 9.35. The molecule has 2 aromatic heterocycles. The number of ether oxygens (including phenoxy) is 2. The largest absolute Gasteiger partial charge is 0.486 e. The molecule has 0 saturated carbocycles. The Bertz CT molecular complexity index is 1130. The zero-order chi connectivity index (χ0) is 24.5. The molecule has 35 heavy (non-hydrogen) atoms. The number of nitrogens with zero attached hydrogens (tertiary/aromatic N) is 4. The topological polar surface area (TPSA) is 107 Å². The van der Waals surface area contributed by atoms with Gasteiger partial charge in [0.05, 0.1) is 0 Å². The van der Waals surface area contributed by atoms with E-state index in [1.807, 2.05) is 48.5 Å². The fraction of sp³-hybridized carbons (Fsp3) is 0.222. The smallest absolute Gasteiger partial charge is 0.303 e. The molecule has 0 saturated heterocycles. The fourth-order valence-corrected chi connectivity index (χ4v) is 3.76. The maximum atomic E-state index is 11.4. The van der Waals surface area contributed by atoms with Crippen molar-refractivity contribution in [2.24, 2.45) is 0 Å². The van der Waals surface area contributed by atoms with Crippen LogP contribution in [0.5, 0.6) is 11.5 Å². The molecule has 1 N–H and O–H groups in total. The van der Waals surface area contributed by atoms with Crippen LogP contribution >= 0.6 is 0 Å². The normalized spacial score (nSPS) is 11.1. The number of hydrogen-bond donors (Lipinski definition) is 1. The quantitative estimate of drug-likeness (QED) is 0.339. The molecule has 0 aliphatic carbocycles. The van der Waals surface area contributed by atoms with Gasteiger partial charge < -0.3 is 14.6 Å². The lowest BCUT2D eigenvalue weighted by molar-refractivity contribution is -0.137. The summed E-state index contributed by atoms with van der Waals surface area (Å²) in [6.07, 6.45) is 7.19. The second-order valence-corrected chi connectivity index (χ2v) is 8.18. The first-order valence-electron chi connectivity index (χ1n) is 11.2. The van der Waals surface area contributed by atoms with Gasteiger partial charge in [0, 0.05) is 36.6 Å². The lowest BCUT2D eigenvalue weighted by Gasteiger charge is -2.31. The molecule has 178 valence electrons. The van der Waals surface area contributed by atoms with E-state index in [9.17, 15) is 9.90 Å². The van der Waals surface area contributed by atoms with E-state index in [2.05, 4.69) is 26.9 Å². The van der Waals surface area contributed by atoms with Gasteiger partial charge in [-0.1, -0.05) is 31.2 Å². The van der Waals surface area contributed by atoms with Crippen LogP contribution in [-0.2, 0) is 23.4 Å². The van der Waals surface area contributed by atoms with Crippen LogP contribution in [0.15, 0.2) is 85.5 Å². The van der Waals surface area contributed by atoms with Crippen LogP contribution in [0, 0.1) is 0 Å². The number of aromatic nitrogens is 4. The number of carboxylic acid groups (broad SMARTS) is 1. The zero-order valence-electron chi connectivity index (χ0n) is 19.4. The molecule has 4 aromatic rings. The number of hydrogen-bond acceptors (Lipinski definition) is 7. The van der Waals surface area contributed by atoms with Gasteiger partial charge in [-0.25, -0.2) is 19.9 Å². The van der Waals surface area contributed by atoms with Gasteiger partial charge in [-0.15, -0.1) is 0 Å². The van der Waals surface area contributed by atoms with E-state index in [0.29, 0.717) is 29.6 Å². The monoisotopic (exact) mass is 470 g/mol. The molecular formula is C27H26N4O4. The maximum Gasteiger partial charge on any atom is 0.303 e. The highest BCUT2D eigenvalue weighted by Gasteiger charge is 2.29. The highest BCUT2D eigenvalue weighted by molar-refractivity contribution is 5.67. The number of rotatable bonds is 11. The van der Waals surface area contributed by atoms with Gasteiger partial charge >= 0.3 is 5.97 Å². The SMILES string of the molecule is CC(CCC(=O)O)(c1ccc(OCc2ncccn2)cc1)c1ccc(OCc2ncccn2)cc1. The Morgan fingerprint density at radius 1 is 0.743 bits per heavy atom. The summed E-state index contributed by atoms with van der Waals surface area (Å²) in [6, 6.07) is 18.9. The third-order valence-corrected chi connectivity index (χ3v) is 5.80. The van der Waals surface area contributed by atoms with E-state index in [4.69, 9.17) is 9.47 Å². The molecule has 8 nitrogen and oxygen atoms in total. The predicted molar refractivity (Wildman–Crippen MR) is 129 cm³/mol. The van der Waals surface area contributed by atoms with Gasteiger partial charge in [0.15, 0.2) is 11.6 Å². The van der Waals surface area contributed by atoms with Crippen molar-refractivity contribution in [3.63, 3.8) is 0 Å². The zero-order valence-corrected chi connectivity index (χ0v) is 19.4. The molecule has 8 heteroatoms. The Hall–Kier alpha value is -4.33. The molecule has 0 amide bonds. The highest BCUT2D eigenvalue weighted by atomic mass is 16.5. The standard InChI is InChI=1S/C27H26N4O4/c1-27(13-12-26(32)33,20-4-8-22(9-5-20)34-18-24-28-14-2-15-29-24)21-6-10-23(11-7-21)35-19-25-30-16-3-17-31-25/h2-11,14-17H,12-13,18-19H2,1H3,(H,32,33). The molecule has 0 atom stereocenters. The van der Waals surface area contributed by atoms with Crippen molar-refractivity contribution in [3.05, 3.63) is 108 Å². The van der Waals surface area contributed by atoms with Crippen molar-refractivity contribution in [3.8, 4) is 11.5 Å². The van der Waals surface area contributed by atoms with E-state index in [0.717, 1.165) is 11.1 Å². The van der Waals surface area contributed by atoms with E-state index >= 15 is 0 Å². The molecule has 0 fully saturated rings. The van der Waals surface area contributed by atoms with Crippen molar-refractivity contribution in [2.75, 3.05) is 0 Å². The predicted octanol–water partition coefficient (Wildman–Crippen LogP) is 4.60. The van der Waals surface area contributed by atoms with Crippen molar-refractivity contribution in [1.82, 2.24) is 19.9 Å². The first-order valence-corrected chi connectivity index (χ1v) is 11.2. The van der Waals surface area contributed by atoms with E-state index < -0.39 is 11.4 Å². The molecule has 2 aromatic carbocycles. The van der Waals surface area contributed by atoms with Crippen molar-refractivity contribution in [1.29, 1.82) is 0 Å².